The van der Waals surface area contributed by atoms with Crippen LogP contribution in [0.5, 0.6) is 0 Å². The van der Waals surface area contributed by atoms with Crippen molar-refractivity contribution in [3.05, 3.63) is 17.4 Å². The first-order valence-electron chi connectivity index (χ1n) is 7.65. The van der Waals surface area contributed by atoms with Crippen LogP contribution in [0.25, 0.3) is 0 Å². The zero-order chi connectivity index (χ0) is 16.7. The second-order valence-electron chi connectivity index (χ2n) is 5.95. The Kier molecular flexibility index (Phi) is 3.93. The van der Waals surface area contributed by atoms with E-state index in [1.54, 1.807) is 9.80 Å². The number of nitrogens with two attached hydrogens (primary N) is 1. The van der Waals surface area contributed by atoms with Gasteiger partial charge in [0, 0.05) is 32.2 Å². The zero-order valence-electron chi connectivity index (χ0n) is 12.8. The Bertz CT molecular complexity index is 666. The molecule has 1 aromatic rings. The molecule has 0 saturated carbocycles. The Labute approximate surface area is 132 Å². The summed E-state index contributed by atoms with van der Waals surface area (Å²) in [5.74, 6) is -3.06. The highest BCUT2D eigenvalue weighted by Crippen LogP contribution is 2.33. The van der Waals surface area contributed by atoms with Gasteiger partial charge >= 0.3 is 5.97 Å². The molecule has 7 nitrogen and oxygen atoms in total. The normalized spacial score (nSPS) is 24.0. The van der Waals surface area contributed by atoms with Crippen LogP contribution < -0.4 is 15.5 Å². The van der Waals surface area contributed by atoms with Crippen molar-refractivity contribution in [3.63, 3.8) is 0 Å². The number of rotatable bonds is 3. The average molecular weight is 322 g/mol. The van der Waals surface area contributed by atoms with Gasteiger partial charge in [0.05, 0.1) is 5.56 Å². The first-order chi connectivity index (χ1) is 10.9. The molecule has 0 amide bonds. The molecule has 2 atom stereocenters. The Morgan fingerprint density at radius 3 is 2.78 bits per heavy atom. The van der Waals surface area contributed by atoms with Gasteiger partial charge in [0.25, 0.3) is 0 Å². The van der Waals surface area contributed by atoms with Crippen molar-refractivity contribution >= 4 is 23.4 Å². The summed E-state index contributed by atoms with van der Waals surface area (Å²) in [7, 11) is 0. The number of pyridine rings is 1. The smallest absolute Gasteiger partial charge is 0.316 e. The largest absolute Gasteiger partial charge is 0.481 e. The molecule has 1 aromatic heterocycles. The summed E-state index contributed by atoms with van der Waals surface area (Å²) in [5, 5.41) is 9.19. The van der Waals surface area contributed by atoms with Gasteiger partial charge in [0.2, 0.25) is 0 Å². The van der Waals surface area contributed by atoms with Gasteiger partial charge in [-0.3, -0.25) is 9.59 Å². The lowest BCUT2D eigenvalue weighted by Gasteiger charge is -2.32. The van der Waals surface area contributed by atoms with Crippen LogP contribution in [0, 0.1) is 11.7 Å². The maximum atomic E-state index is 14.4. The number of aromatic nitrogens is 1. The molecular formula is C15H19FN4O3. The second-order valence-corrected chi connectivity index (χ2v) is 5.95. The van der Waals surface area contributed by atoms with Crippen LogP contribution >= 0.6 is 0 Å². The molecule has 1 saturated heterocycles. The minimum Gasteiger partial charge on any atom is -0.481 e. The molecule has 0 bridgehead atoms. The average Bonchev–Trinajstić information content (AvgIpc) is 2.93. The molecule has 0 aliphatic carbocycles. The van der Waals surface area contributed by atoms with E-state index < -0.39 is 23.5 Å². The SMILES string of the molecule is CCN1CC(C(=O)O)C(=O)c2cc(F)c(N3CCC(N)C3)nc21. The van der Waals surface area contributed by atoms with Crippen LogP contribution in [0.4, 0.5) is 16.0 Å². The number of fused-ring (bicyclic) bond motifs is 1. The summed E-state index contributed by atoms with van der Waals surface area (Å²) in [5.41, 5.74) is 5.89. The van der Waals surface area contributed by atoms with Gasteiger partial charge in [-0.25, -0.2) is 9.37 Å². The van der Waals surface area contributed by atoms with Crippen molar-refractivity contribution in [3.8, 4) is 0 Å². The standard InChI is InChI=1S/C15H19FN4O3/c1-2-19-7-10(15(22)23)12(21)9-5-11(16)14(18-13(9)19)20-4-3-8(17)6-20/h5,8,10H,2-4,6-7,17H2,1H3,(H,22,23). The summed E-state index contributed by atoms with van der Waals surface area (Å²) >= 11 is 0. The number of anilines is 2. The minimum atomic E-state index is -1.20. The monoisotopic (exact) mass is 322 g/mol. The van der Waals surface area contributed by atoms with Crippen LogP contribution in [-0.4, -0.2) is 54.1 Å². The van der Waals surface area contributed by atoms with E-state index in [1.165, 1.54) is 0 Å². The molecule has 0 spiro atoms. The summed E-state index contributed by atoms with van der Waals surface area (Å²) < 4.78 is 14.4. The predicted octanol–water partition coefficient (Wildman–Crippen LogP) is 0.481. The molecule has 0 radical (unpaired) electrons. The fourth-order valence-corrected chi connectivity index (χ4v) is 3.14. The molecule has 23 heavy (non-hydrogen) atoms. The van der Waals surface area contributed by atoms with Gasteiger partial charge in [-0.1, -0.05) is 0 Å². The summed E-state index contributed by atoms with van der Waals surface area (Å²) in [4.78, 5) is 31.4. The Morgan fingerprint density at radius 1 is 1.48 bits per heavy atom. The first-order valence-corrected chi connectivity index (χ1v) is 7.65. The van der Waals surface area contributed by atoms with Crippen molar-refractivity contribution in [2.24, 2.45) is 11.7 Å². The number of aliphatic carboxylic acids is 1. The molecule has 2 aliphatic heterocycles. The summed E-state index contributed by atoms with van der Waals surface area (Å²) in [6, 6.07) is 1.09. The lowest BCUT2D eigenvalue weighted by atomic mass is 9.93. The zero-order valence-corrected chi connectivity index (χ0v) is 12.8. The molecule has 3 rings (SSSR count). The first kappa shape index (κ1) is 15.7. The third-order valence-corrected chi connectivity index (χ3v) is 4.43. The number of halogens is 1. The van der Waals surface area contributed by atoms with Crippen molar-refractivity contribution in [2.75, 3.05) is 36.0 Å². The van der Waals surface area contributed by atoms with E-state index in [2.05, 4.69) is 4.98 Å². The number of hydrogen-bond acceptors (Lipinski definition) is 6. The number of nitrogens with zero attached hydrogens (tertiary/aromatic N) is 3. The van der Waals surface area contributed by atoms with E-state index in [0.29, 0.717) is 25.5 Å². The molecule has 3 N–H and O–H groups in total. The molecule has 3 heterocycles. The number of Topliss-reactive ketones (excluding diaryl/α,β-unsaturated/α-hetero) is 1. The topological polar surface area (TPSA) is 99.8 Å². The molecule has 8 heteroatoms. The van der Waals surface area contributed by atoms with E-state index in [4.69, 9.17) is 5.73 Å². The number of ketones is 1. The molecule has 124 valence electrons. The van der Waals surface area contributed by atoms with E-state index in [1.807, 2.05) is 6.92 Å². The Morgan fingerprint density at radius 2 is 2.22 bits per heavy atom. The Hall–Kier alpha value is -2.22. The lowest BCUT2D eigenvalue weighted by molar-refractivity contribution is -0.139. The second kappa shape index (κ2) is 5.77. The molecule has 1 fully saturated rings. The van der Waals surface area contributed by atoms with E-state index in [-0.39, 0.29) is 24.0 Å². The molecule has 2 unspecified atom stereocenters. The van der Waals surface area contributed by atoms with Gasteiger partial charge in [-0.15, -0.1) is 0 Å². The van der Waals surface area contributed by atoms with Crippen molar-refractivity contribution < 1.29 is 19.1 Å². The summed E-state index contributed by atoms with van der Waals surface area (Å²) in [6.07, 6.45) is 0.760. The predicted molar refractivity (Wildman–Crippen MR) is 82.3 cm³/mol. The fourth-order valence-electron chi connectivity index (χ4n) is 3.14. The third-order valence-electron chi connectivity index (χ3n) is 4.43. The lowest BCUT2D eigenvalue weighted by Crippen LogP contribution is -2.43. The number of hydrogen-bond donors (Lipinski definition) is 2. The molecule has 0 aromatic carbocycles. The van der Waals surface area contributed by atoms with E-state index in [9.17, 15) is 19.1 Å². The maximum Gasteiger partial charge on any atom is 0.316 e. The van der Waals surface area contributed by atoms with Crippen molar-refractivity contribution in [2.45, 2.75) is 19.4 Å². The van der Waals surface area contributed by atoms with Crippen LogP contribution in [0.15, 0.2) is 6.07 Å². The van der Waals surface area contributed by atoms with Gasteiger partial charge in [0.15, 0.2) is 17.4 Å². The van der Waals surface area contributed by atoms with Gasteiger partial charge < -0.3 is 20.6 Å². The quantitative estimate of drug-likeness (QED) is 0.781. The van der Waals surface area contributed by atoms with Crippen molar-refractivity contribution in [1.29, 1.82) is 0 Å². The van der Waals surface area contributed by atoms with E-state index in [0.717, 1.165) is 12.5 Å². The third kappa shape index (κ3) is 2.63. The minimum absolute atomic E-state index is 0.0208. The molecular weight excluding hydrogens is 303 g/mol. The van der Waals surface area contributed by atoms with E-state index >= 15 is 0 Å². The Balaban J connectivity index is 2.04. The van der Waals surface area contributed by atoms with Gasteiger partial charge in [0.1, 0.15) is 11.7 Å². The van der Waals surface area contributed by atoms with Crippen molar-refractivity contribution in [1.82, 2.24) is 4.98 Å². The fraction of sp³-hybridized carbons (Fsp3) is 0.533. The van der Waals surface area contributed by atoms with Crippen LogP contribution in [0.1, 0.15) is 23.7 Å². The van der Waals surface area contributed by atoms with Gasteiger partial charge in [-0.05, 0) is 19.4 Å². The van der Waals surface area contributed by atoms with Crippen LogP contribution in [-0.2, 0) is 4.79 Å². The number of carboxylic acid groups (broad SMARTS) is 1. The number of carbonyl (C=O) groups excluding carboxylic acids is 1. The number of carbonyl (C=O) groups is 2. The van der Waals surface area contributed by atoms with Crippen LogP contribution in [0.2, 0.25) is 0 Å². The number of carboxylic acids is 1. The highest BCUT2D eigenvalue weighted by atomic mass is 19.1. The highest BCUT2D eigenvalue weighted by molar-refractivity contribution is 6.12. The van der Waals surface area contributed by atoms with Crippen LogP contribution in [0.3, 0.4) is 0 Å². The highest BCUT2D eigenvalue weighted by Gasteiger charge is 2.38. The summed E-state index contributed by atoms with van der Waals surface area (Å²) in [6.45, 7) is 3.51. The van der Waals surface area contributed by atoms with Gasteiger partial charge in [-0.2, -0.15) is 0 Å². The maximum absolute atomic E-state index is 14.4. The molecule has 2 aliphatic rings.